The zero-order chi connectivity index (χ0) is 24.5. The summed E-state index contributed by atoms with van der Waals surface area (Å²) in [6, 6.07) is 16.2. The number of rotatable bonds is 6. The van der Waals surface area contributed by atoms with Crippen molar-refractivity contribution in [3.05, 3.63) is 71.3 Å². The first-order valence-corrected chi connectivity index (χ1v) is 12.2. The Bertz CT molecular complexity index is 1140. The average molecular weight is 475 g/mol. The molecule has 3 atom stereocenters. The van der Waals surface area contributed by atoms with E-state index in [1.165, 1.54) is 11.1 Å². The van der Waals surface area contributed by atoms with Gasteiger partial charge in [0.2, 0.25) is 5.91 Å². The van der Waals surface area contributed by atoms with Crippen molar-refractivity contribution in [1.29, 1.82) is 0 Å². The molecule has 2 aromatic rings. The summed E-state index contributed by atoms with van der Waals surface area (Å²) in [5.41, 5.74) is 5.37. The number of carbonyl (C=O) groups excluding carboxylic acids is 2. The summed E-state index contributed by atoms with van der Waals surface area (Å²) in [7, 11) is 0. The highest BCUT2D eigenvalue weighted by atomic mass is 16.5. The largest absolute Gasteiger partial charge is 0.481 e. The van der Waals surface area contributed by atoms with Crippen LogP contribution in [0, 0.1) is 11.8 Å². The molecule has 0 bridgehead atoms. The lowest BCUT2D eigenvalue weighted by molar-refractivity contribution is -0.138. The van der Waals surface area contributed by atoms with Gasteiger partial charge in [-0.1, -0.05) is 61.5 Å². The van der Waals surface area contributed by atoms with E-state index in [4.69, 9.17) is 9.84 Å². The fourth-order valence-corrected chi connectivity index (χ4v) is 5.70. The SMILES string of the molecule is C[C@@H]1CN(C(=O)C2=CCC(NC(=O)OCC3c4ccccc4-c4ccccc43)C2)C[C@H]1CC(=O)O. The predicted octanol–water partition coefficient (Wildman–Crippen LogP) is 4.18. The zero-order valence-corrected chi connectivity index (χ0v) is 19.8. The first kappa shape index (κ1) is 23.1. The maximum Gasteiger partial charge on any atom is 0.407 e. The monoisotopic (exact) mass is 474 g/mol. The second-order valence-corrected chi connectivity index (χ2v) is 9.88. The highest BCUT2D eigenvalue weighted by molar-refractivity contribution is 5.94. The van der Waals surface area contributed by atoms with Crippen molar-refractivity contribution in [2.45, 2.75) is 38.1 Å². The molecule has 1 unspecified atom stereocenters. The number of hydrogen-bond acceptors (Lipinski definition) is 4. The summed E-state index contributed by atoms with van der Waals surface area (Å²) in [6.45, 7) is 3.28. The van der Waals surface area contributed by atoms with E-state index in [-0.39, 0.29) is 42.7 Å². The van der Waals surface area contributed by atoms with Crippen LogP contribution in [0.5, 0.6) is 0 Å². The van der Waals surface area contributed by atoms with Crippen molar-refractivity contribution >= 4 is 18.0 Å². The predicted molar refractivity (Wildman–Crippen MR) is 131 cm³/mol. The smallest absolute Gasteiger partial charge is 0.407 e. The number of nitrogens with one attached hydrogen (secondary N) is 1. The van der Waals surface area contributed by atoms with Crippen molar-refractivity contribution in [3.63, 3.8) is 0 Å². The van der Waals surface area contributed by atoms with E-state index in [9.17, 15) is 14.4 Å². The van der Waals surface area contributed by atoms with Crippen LogP contribution in [0.25, 0.3) is 11.1 Å². The Morgan fingerprint density at radius 3 is 2.34 bits per heavy atom. The van der Waals surface area contributed by atoms with Gasteiger partial charge in [-0.15, -0.1) is 0 Å². The summed E-state index contributed by atoms with van der Waals surface area (Å²) >= 11 is 0. The van der Waals surface area contributed by atoms with Gasteiger partial charge in [0, 0.05) is 30.6 Å². The molecule has 1 aliphatic heterocycles. The first-order chi connectivity index (χ1) is 16.9. The third-order valence-corrected chi connectivity index (χ3v) is 7.55. The molecule has 1 saturated heterocycles. The summed E-state index contributed by atoms with van der Waals surface area (Å²) in [6.07, 6.45) is 2.52. The minimum atomic E-state index is -0.830. The lowest BCUT2D eigenvalue weighted by Gasteiger charge is -2.19. The first-order valence-electron chi connectivity index (χ1n) is 12.2. The van der Waals surface area contributed by atoms with Crippen LogP contribution in [0.3, 0.4) is 0 Å². The van der Waals surface area contributed by atoms with Gasteiger partial charge in [-0.2, -0.15) is 0 Å². The molecule has 5 rings (SSSR count). The summed E-state index contributed by atoms with van der Waals surface area (Å²) in [5.74, 6) is -0.743. The third-order valence-electron chi connectivity index (χ3n) is 7.55. The molecule has 0 saturated carbocycles. The Hall–Kier alpha value is -3.61. The second kappa shape index (κ2) is 9.56. The van der Waals surface area contributed by atoms with Crippen molar-refractivity contribution in [1.82, 2.24) is 10.2 Å². The lowest BCUT2D eigenvalue weighted by atomic mass is 9.95. The number of carboxylic acids is 1. The molecule has 3 aliphatic rings. The maximum absolute atomic E-state index is 13.0. The molecule has 2 aliphatic carbocycles. The van der Waals surface area contributed by atoms with Crippen LogP contribution >= 0.6 is 0 Å². The number of fused-ring (bicyclic) bond motifs is 3. The quantitative estimate of drug-likeness (QED) is 0.655. The maximum atomic E-state index is 13.0. The van der Waals surface area contributed by atoms with E-state index in [0.717, 1.165) is 11.1 Å². The molecule has 7 heteroatoms. The highest BCUT2D eigenvalue weighted by Crippen LogP contribution is 2.44. The molecule has 2 aromatic carbocycles. The van der Waals surface area contributed by atoms with Gasteiger partial charge in [-0.3, -0.25) is 9.59 Å². The molecule has 7 nitrogen and oxygen atoms in total. The molecular weight excluding hydrogens is 444 g/mol. The van der Waals surface area contributed by atoms with E-state index < -0.39 is 12.1 Å². The minimum Gasteiger partial charge on any atom is -0.481 e. The molecule has 182 valence electrons. The van der Waals surface area contributed by atoms with Gasteiger partial charge in [0.05, 0.1) is 6.42 Å². The van der Waals surface area contributed by atoms with E-state index in [1.54, 1.807) is 4.90 Å². The molecule has 2 N–H and O–H groups in total. The van der Waals surface area contributed by atoms with Gasteiger partial charge in [-0.25, -0.2) is 4.79 Å². The van der Waals surface area contributed by atoms with E-state index in [1.807, 2.05) is 37.3 Å². The van der Waals surface area contributed by atoms with E-state index in [0.29, 0.717) is 31.5 Å². The summed E-state index contributed by atoms with van der Waals surface area (Å²) < 4.78 is 5.64. The van der Waals surface area contributed by atoms with Crippen LogP contribution in [0.2, 0.25) is 0 Å². The van der Waals surface area contributed by atoms with Crippen molar-refractivity contribution in [2.75, 3.05) is 19.7 Å². The number of carboxylic acid groups (broad SMARTS) is 1. The zero-order valence-electron chi connectivity index (χ0n) is 19.8. The van der Waals surface area contributed by atoms with Crippen molar-refractivity contribution < 1.29 is 24.2 Å². The molecule has 1 heterocycles. The fraction of sp³-hybridized carbons (Fsp3) is 0.393. The lowest BCUT2D eigenvalue weighted by Crippen LogP contribution is -2.36. The Balaban J connectivity index is 1.13. The van der Waals surface area contributed by atoms with Crippen molar-refractivity contribution in [2.24, 2.45) is 11.8 Å². The van der Waals surface area contributed by atoms with Gasteiger partial charge in [0.15, 0.2) is 0 Å². The molecular formula is C28H30N2O5. The number of benzene rings is 2. The number of ether oxygens (including phenoxy) is 1. The van der Waals surface area contributed by atoms with Gasteiger partial charge >= 0.3 is 12.1 Å². The molecule has 0 spiro atoms. The van der Waals surface area contributed by atoms with Crippen LogP contribution in [0.4, 0.5) is 4.79 Å². The Morgan fingerprint density at radius 1 is 1.03 bits per heavy atom. The second-order valence-electron chi connectivity index (χ2n) is 9.88. The van der Waals surface area contributed by atoms with Crippen molar-refractivity contribution in [3.8, 4) is 11.1 Å². The number of amides is 2. The third kappa shape index (κ3) is 4.67. The van der Waals surface area contributed by atoms with Crippen LogP contribution < -0.4 is 5.32 Å². The Labute approximate surface area is 204 Å². The van der Waals surface area contributed by atoms with Gasteiger partial charge in [0.1, 0.15) is 6.61 Å². The van der Waals surface area contributed by atoms with Gasteiger partial charge in [-0.05, 0) is 46.9 Å². The Morgan fingerprint density at radius 2 is 1.69 bits per heavy atom. The number of nitrogens with zero attached hydrogens (tertiary/aromatic N) is 1. The number of alkyl carbamates (subject to hydrolysis) is 1. The normalized spacial score (nSPS) is 22.9. The van der Waals surface area contributed by atoms with E-state index in [2.05, 4.69) is 29.6 Å². The number of carbonyl (C=O) groups is 3. The average Bonchev–Trinajstić information content (AvgIpc) is 3.53. The number of likely N-dealkylation sites (tertiary alicyclic amines) is 1. The molecule has 1 fully saturated rings. The molecule has 0 radical (unpaired) electrons. The molecule has 0 aromatic heterocycles. The summed E-state index contributed by atoms with van der Waals surface area (Å²) in [4.78, 5) is 38.4. The molecule has 2 amide bonds. The fourth-order valence-electron chi connectivity index (χ4n) is 5.70. The standard InChI is InChI=1S/C28H30N2O5/c1-17-14-30(15-19(17)13-26(31)32)27(33)18-10-11-20(12-18)29-28(34)35-16-25-23-8-4-2-6-21(23)22-7-3-5-9-24(22)25/h2-10,17,19-20,25H,11-16H2,1H3,(H,29,34)(H,31,32)/t17-,19-,20?/m1/s1. The van der Waals surface area contributed by atoms with Crippen LogP contribution in [-0.2, 0) is 14.3 Å². The molecule has 35 heavy (non-hydrogen) atoms. The van der Waals surface area contributed by atoms with Crippen LogP contribution in [0.1, 0.15) is 43.2 Å². The minimum absolute atomic E-state index is 0.00268. The Kier molecular flexibility index (Phi) is 6.32. The van der Waals surface area contributed by atoms with E-state index >= 15 is 0 Å². The topological polar surface area (TPSA) is 95.9 Å². The van der Waals surface area contributed by atoms with Crippen LogP contribution in [-0.4, -0.2) is 53.7 Å². The summed E-state index contributed by atoms with van der Waals surface area (Å²) in [5, 5.41) is 12.0. The number of hydrogen-bond donors (Lipinski definition) is 2. The number of aliphatic carboxylic acids is 1. The van der Waals surface area contributed by atoms with Gasteiger partial charge in [0.25, 0.3) is 0 Å². The van der Waals surface area contributed by atoms with Crippen LogP contribution in [0.15, 0.2) is 60.2 Å². The highest BCUT2D eigenvalue weighted by Gasteiger charge is 2.36. The van der Waals surface area contributed by atoms with Gasteiger partial charge < -0.3 is 20.1 Å².